The van der Waals surface area contributed by atoms with Crippen LogP contribution in [0, 0.1) is 11.8 Å². The fourth-order valence-electron chi connectivity index (χ4n) is 3.70. The number of nitrogens with zero attached hydrogens (tertiary/aromatic N) is 2. The molecule has 140 valence electrons. The first-order valence-electron chi connectivity index (χ1n) is 9.41. The third-order valence-electron chi connectivity index (χ3n) is 5.24. The summed E-state index contributed by atoms with van der Waals surface area (Å²) in [6.45, 7) is 4.47. The molecule has 2 aromatic rings. The molecule has 1 aromatic carbocycles. The number of hydrogen-bond acceptors (Lipinski definition) is 4. The average Bonchev–Trinajstić information content (AvgIpc) is 3.08. The predicted molar refractivity (Wildman–Crippen MR) is 102 cm³/mol. The van der Waals surface area contributed by atoms with Crippen molar-refractivity contribution in [2.75, 3.05) is 0 Å². The van der Waals surface area contributed by atoms with Crippen molar-refractivity contribution in [3.05, 3.63) is 35.2 Å². The molecule has 1 N–H and O–H groups in total. The first-order valence-corrected chi connectivity index (χ1v) is 9.78. The summed E-state index contributed by atoms with van der Waals surface area (Å²) in [6, 6.07) is 7.61. The smallest absolute Gasteiger partial charge is 0.226 e. The molecule has 1 aliphatic rings. The van der Waals surface area contributed by atoms with Crippen LogP contribution in [0.25, 0.3) is 11.4 Å². The Bertz CT molecular complexity index is 719. The van der Waals surface area contributed by atoms with E-state index in [9.17, 15) is 4.79 Å². The van der Waals surface area contributed by atoms with Crippen molar-refractivity contribution in [2.45, 2.75) is 58.4 Å². The van der Waals surface area contributed by atoms with E-state index in [1.165, 1.54) is 19.3 Å². The highest BCUT2D eigenvalue weighted by molar-refractivity contribution is 6.30. The molecule has 2 unspecified atom stereocenters. The van der Waals surface area contributed by atoms with Gasteiger partial charge in [-0.3, -0.25) is 4.79 Å². The lowest BCUT2D eigenvalue weighted by molar-refractivity contribution is -0.122. The number of benzene rings is 1. The van der Waals surface area contributed by atoms with E-state index in [0.717, 1.165) is 5.56 Å². The molecule has 5 nitrogen and oxygen atoms in total. The molecule has 26 heavy (non-hydrogen) atoms. The second-order valence-electron chi connectivity index (χ2n) is 7.35. The molecule has 1 saturated carbocycles. The minimum Gasteiger partial charge on any atom is -0.353 e. The maximum atomic E-state index is 12.3. The number of nitrogens with one attached hydrogen (secondary N) is 1. The van der Waals surface area contributed by atoms with Crippen LogP contribution in [0.4, 0.5) is 0 Å². The third kappa shape index (κ3) is 4.85. The zero-order chi connectivity index (χ0) is 18.5. The molecule has 1 aromatic heterocycles. The summed E-state index contributed by atoms with van der Waals surface area (Å²) < 4.78 is 5.29. The largest absolute Gasteiger partial charge is 0.353 e. The van der Waals surface area contributed by atoms with Crippen molar-refractivity contribution in [1.29, 1.82) is 0 Å². The molecule has 0 bridgehead atoms. The SMILES string of the molecule is CC1CCCC(C)C1NC(=O)CCCc1nc(-c2ccc(Cl)cc2)no1. The van der Waals surface area contributed by atoms with Crippen LogP contribution in [0.1, 0.15) is 51.8 Å². The quantitative estimate of drug-likeness (QED) is 0.797. The topological polar surface area (TPSA) is 68.0 Å². The molecule has 1 aliphatic carbocycles. The molecule has 1 fully saturated rings. The molecule has 2 atom stereocenters. The minimum atomic E-state index is 0.119. The first kappa shape index (κ1) is 18.9. The van der Waals surface area contributed by atoms with E-state index in [2.05, 4.69) is 29.3 Å². The molecule has 1 heterocycles. The molecule has 6 heteroatoms. The van der Waals surface area contributed by atoms with E-state index in [1.54, 1.807) is 12.1 Å². The molecular formula is C20H26ClN3O2. The van der Waals surface area contributed by atoms with Crippen LogP contribution in [0.3, 0.4) is 0 Å². The van der Waals surface area contributed by atoms with Crippen molar-refractivity contribution < 1.29 is 9.32 Å². The Hall–Kier alpha value is -1.88. The van der Waals surface area contributed by atoms with Gasteiger partial charge in [0.1, 0.15) is 0 Å². The van der Waals surface area contributed by atoms with Crippen molar-refractivity contribution in [1.82, 2.24) is 15.5 Å². The maximum Gasteiger partial charge on any atom is 0.226 e. The molecule has 1 amide bonds. The van der Waals surface area contributed by atoms with E-state index < -0.39 is 0 Å². The number of rotatable bonds is 6. The van der Waals surface area contributed by atoms with Crippen molar-refractivity contribution in [3.63, 3.8) is 0 Å². The van der Waals surface area contributed by atoms with Crippen molar-refractivity contribution >= 4 is 17.5 Å². The van der Waals surface area contributed by atoms with Crippen LogP contribution in [-0.2, 0) is 11.2 Å². The zero-order valence-corrected chi connectivity index (χ0v) is 16.1. The number of amides is 1. The lowest BCUT2D eigenvalue weighted by atomic mass is 9.78. The summed E-state index contributed by atoms with van der Waals surface area (Å²) in [5.41, 5.74) is 0.863. The fourth-order valence-corrected chi connectivity index (χ4v) is 3.82. The van der Waals surface area contributed by atoms with Crippen LogP contribution in [0.5, 0.6) is 0 Å². The fraction of sp³-hybridized carbons (Fsp3) is 0.550. The summed E-state index contributed by atoms with van der Waals surface area (Å²) in [5.74, 6) is 2.34. The number of carbonyl (C=O) groups excluding carboxylic acids is 1. The van der Waals surface area contributed by atoms with E-state index in [4.69, 9.17) is 16.1 Å². The lowest BCUT2D eigenvalue weighted by Gasteiger charge is -2.35. The van der Waals surface area contributed by atoms with E-state index in [0.29, 0.717) is 53.9 Å². The van der Waals surface area contributed by atoms with E-state index >= 15 is 0 Å². The predicted octanol–water partition coefficient (Wildman–Crippen LogP) is 4.65. The van der Waals surface area contributed by atoms with Crippen LogP contribution in [0.2, 0.25) is 5.02 Å². The van der Waals surface area contributed by atoms with Gasteiger partial charge >= 0.3 is 0 Å². The van der Waals surface area contributed by atoms with Gasteiger partial charge in [0.25, 0.3) is 0 Å². The third-order valence-corrected chi connectivity index (χ3v) is 5.49. The molecule has 0 aliphatic heterocycles. The van der Waals surface area contributed by atoms with E-state index in [1.807, 2.05) is 12.1 Å². The molecule has 3 rings (SSSR count). The van der Waals surface area contributed by atoms with Crippen molar-refractivity contribution in [2.24, 2.45) is 11.8 Å². The summed E-state index contributed by atoms with van der Waals surface area (Å²) in [5, 5.41) is 7.89. The van der Waals surface area contributed by atoms with Crippen LogP contribution >= 0.6 is 11.6 Å². The summed E-state index contributed by atoms with van der Waals surface area (Å²) in [7, 11) is 0. The van der Waals surface area contributed by atoms with Gasteiger partial charge in [0, 0.05) is 29.5 Å². The zero-order valence-electron chi connectivity index (χ0n) is 15.4. The highest BCUT2D eigenvalue weighted by Gasteiger charge is 2.28. The standard InChI is InChI=1S/C20H26ClN3O2/c1-13-5-3-6-14(2)19(13)22-17(25)7-4-8-18-23-20(24-26-18)15-9-11-16(21)12-10-15/h9-14,19H,3-8H2,1-2H3,(H,22,25). The second kappa shape index (κ2) is 8.67. The first-order chi connectivity index (χ1) is 12.5. The Balaban J connectivity index is 1.46. The number of aromatic nitrogens is 2. The normalized spacial score (nSPS) is 23.0. The van der Waals surface area contributed by atoms with Crippen LogP contribution < -0.4 is 5.32 Å². The second-order valence-corrected chi connectivity index (χ2v) is 7.79. The monoisotopic (exact) mass is 375 g/mol. The summed E-state index contributed by atoms with van der Waals surface area (Å²) in [6.07, 6.45) is 5.44. The van der Waals surface area contributed by atoms with Gasteiger partial charge in [0.2, 0.25) is 17.6 Å². The number of aryl methyl sites for hydroxylation is 1. The van der Waals surface area contributed by atoms with Gasteiger partial charge in [-0.2, -0.15) is 4.98 Å². The van der Waals surface area contributed by atoms with Crippen LogP contribution in [0.15, 0.2) is 28.8 Å². The van der Waals surface area contributed by atoms with E-state index in [-0.39, 0.29) is 5.91 Å². The Morgan fingerprint density at radius 1 is 1.23 bits per heavy atom. The number of halogens is 1. The van der Waals surface area contributed by atoms with Gasteiger partial charge in [0.05, 0.1) is 0 Å². The minimum absolute atomic E-state index is 0.119. The molecule has 0 saturated heterocycles. The highest BCUT2D eigenvalue weighted by Crippen LogP contribution is 2.28. The Morgan fingerprint density at radius 3 is 2.62 bits per heavy atom. The highest BCUT2D eigenvalue weighted by atomic mass is 35.5. The Kier molecular flexibility index (Phi) is 6.30. The Morgan fingerprint density at radius 2 is 1.92 bits per heavy atom. The Labute approximate surface area is 159 Å². The van der Waals surface area contributed by atoms with Gasteiger partial charge < -0.3 is 9.84 Å². The molecule has 0 spiro atoms. The summed E-state index contributed by atoms with van der Waals surface area (Å²) in [4.78, 5) is 16.7. The number of hydrogen-bond donors (Lipinski definition) is 1. The average molecular weight is 376 g/mol. The molecule has 0 radical (unpaired) electrons. The van der Waals surface area contributed by atoms with Gasteiger partial charge in [-0.05, 0) is 55.4 Å². The summed E-state index contributed by atoms with van der Waals surface area (Å²) >= 11 is 5.89. The van der Waals surface area contributed by atoms with Gasteiger partial charge in [-0.15, -0.1) is 0 Å². The van der Waals surface area contributed by atoms with Gasteiger partial charge in [-0.25, -0.2) is 0 Å². The van der Waals surface area contributed by atoms with Crippen molar-refractivity contribution in [3.8, 4) is 11.4 Å². The molecular weight excluding hydrogens is 350 g/mol. The maximum absolute atomic E-state index is 12.3. The van der Waals surface area contributed by atoms with Gasteiger partial charge in [0.15, 0.2) is 0 Å². The lowest BCUT2D eigenvalue weighted by Crippen LogP contribution is -2.45. The van der Waals surface area contributed by atoms with Crippen LogP contribution in [-0.4, -0.2) is 22.1 Å². The van der Waals surface area contributed by atoms with Gasteiger partial charge in [-0.1, -0.05) is 37.0 Å². The number of carbonyl (C=O) groups is 1.